The van der Waals surface area contributed by atoms with Crippen LogP contribution < -0.4 is 20.3 Å². The van der Waals surface area contributed by atoms with Gasteiger partial charge in [0.25, 0.3) is 5.91 Å². The Morgan fingerprint density at radius 3 is 2.32 bits per heavy atom. The van der Waals surface area contributed by atoms with Gasteiger partial charge in [-0.05, 0) is 67.4 Å². The summed E-state index contributed by atoms with van der Waals surface area (Å²) in [7, 11) is 1.61. The van der Waals surface area contributed by atoms with Gasteiger partial charge >= 0.3 is 6.18 Å². The normalized spacial score (nSPS) is 14.5. The topological polar surface area (TPSA) is 79.4 Å². The number of amides is 1. The third-order valence-electron chi connectivity index (χ3n) is 5.59. The number of piperidine rings is 1. The number of rotatable bonds is 6. The van der Waals surface area contributed by atoms with Crippen molar-refractivity contribution >= 4 is 23.4 Å². The molecule has 1 fully saturated rings. The zero-order chi connectivity index (χ0) is 24.1. The second kappa shape index (κ2) is 9.98. The molecule has 0 radical (unpaired) electrons. The minimum Gasteiger partial charge on any atom is -0.497 e. The number of hydrogen-bond donors (Lipinski definition) is 2. The quantitative estimate of drug-likeness (QED) is 0.545. The fourth-order valence-electron chi connectivity index (χ4n) is 3.70. The van der Waals surface area contributed by atoms with Crippen LogP contribution in [-0.4, -0.2) is 42.1 Å². The molecule has 0 aliphatic carbocycles. The smallest absolute Gasteiger partial charge is 0.416 e. The van der Waals surface area contributed by atoms with Crippen molar-refractivity contribution in [3.8, 4) is 5.75 Å². The number of carbonyl (C=O) groups excluding carboxylic acids is 1. The second-order valence-electron chi connectivity index (χ2n) is 7.91. The predicted molar refractivity (Wildman–Crippen MR) is 122 cm³/mol. The van der Waals surface area contributed by atoms with Crippen molar-refractivity contribution in [1.29, 1.82) is 0 Å². The van der Waals surface area contributed by atoms with Gasteiger partial charge in [0.2, 0.25) is 5.95 Å². The number of carbonyl (C=O) groups is 1. The summed E-state index contributed by atoms with van der Waals surface area (Å²) in [5.41, 5.74) is 0.298. The van der Waals surface area contributed by atoms with E-state index in [0.717, 1.165) is 23.6 Å². The first-order valence-electron chi connectivity index (χ1n) is 10.8. The summed E-state index contributed by atoms with van der Waals surface area (Å²) in [6.07, 6.45) is -1.39. The van der Waals surface area contributed by atoms with Gasteiger partial charge in [-0.2, -0.15) is 18.2 Å². The number of anilines is 3. The summed E-state index contributed by atoms with van der Waals surface area (Å²) in [6.45, 7) is 1.29. The lowest BCUT2D eigenvalue weighted by Crippen LogP contribution is -2.45. The zero-order valence-corrected chi connectivity index (χ0v) is 18.5. The number of aromatic nitrogens is 2. The Balaban J connectivity index is 1.31. The van der Waals surface area contributed by atoms with Crippen LogP contribution in [0.4, 0.5) is 30.6 Å². The standard InChI is InChI=1S/C24H24F3N5O2/c1-34-20-8-6-18(7-9-20)29-21-10-13-28-23(31-21)32-14-11-19(12-15-32)30-22(33)16-2-4-17(5-3-16)24(25,26)27/h2-10,13,19H,11-12,14-15H2,1H3,(H,30,33)(H,28,29,31). The van der Waals surface area contributed by atoms with Crippen LogP contribution in [0.1, 0.15) is 28.8 Å². The molecule has 1 aliphatic rings. The molecule has 178 valence electrons. The molecular weight excluding hydrogens is 447 g/mol. The van der Waals surface area contributed by atoms with E-state index in [4.69, 9.17) is 4.74 Å². The largest absolute Gasteiger partial charge is 0.497 e. The molecule has 2 N–H and O–H groups in total. The number of methoxy groups -OCH3 is 1. The summed E-state index contributed by atoms with van der Waals surface area (Å²) in [5, 5.41) is 6.15. The number of hydrogen-bond acceptors (Lipinski definition) is 6. The number of ether oxygens (including phenoxy) is 1. The van der Waals surface area contributed by atoms with Crippen LogP contribution in [0.15, 0.2) is 60.8 Å². The molecule has 0 saturated carbocycles. The van der Waals surface area contributed by atoms with Crippen LogP contribution in [0.3, 0.4) is 0 Å². The van der Waals surface area contributed by atoms with Crippen LogP contribution >= 0.6 is 0 Å². The summed E-state index contributed by atoms with van der Waals surface area (Å²) in [6, 6.07) is 13.4. The number of benzene rings is 2. The van der Waals surface area contributed by atoms with E-state index in [0.29, 0.717) is 37.7 Å². The van der Waals surface area contributed by atoms with Crippen LogP contribution in [-0.2, 0) is 6.18 Å². The Morgan fingerprint density at radius 2 is 1.71 bits per heavy atom. The highest BCUT2D eigenvalue weighted by atomic mass is 19.4. The Kier molecular flexibility index (Phi) is 6.85. The molecule has 0 atom stereocenters. The minimum absolute atomic E-state index is 0.0772. The van der Waals surface area contributed by atoms with Crippen molar-refractivity contribution in [3.63, 3.8) is 0 Å². The Hall–Kier alpha value is -3.82. The number of nitrogens with zero attached hydrogens (tertiary/aromatic N) is 3. The number of halogens is 3. The van der Waals surface area contributed by atoms with Crippen molar-refractivity contribution in [2.24, 2.45) is 0 Å². The van der Waals surface area contributed by atoms with Crippen LogP contribution in [0, 0.1) is 0 Å². The average Bonchev–Trinajstić information content (AvgIpc) is 2.85. The highest BCUT2D eigenvalue weighted by molar-refractivity contribution is 5.94. The van der Waals surface area contributed by atoms with Gasteiger partial charge in [0.15, 0.2) is 0 Å². The van der Waals surface area contributed by atoms with E-state index < -0.39 is 11.7 Å². The summed E-state index contributed by atoms with van der Waals surface area (Å²) in [5.74, 6) is 1.63. The van der Waals surface area contributed by atoms with E-state index in [1.807, 2.05) is 29.2 Å². The summed E-state index contributed by atoms with van der Waals surface area (Å²) >= 11 is 0. The third kappa shape index (κ3) is 5.75. The van der Waals surface area contributed by atoms with Gasteiger partial charge in [-0.3, -0.25) is 4.79 Å². The third-order valence-corrected chi connectivity index (χ3v) is 5.59. The van der Waals surface area contributed by atoms with Gasteiger partial charge in [-0.1, -0.05) is 0 Å². The first kappa shape index (κ1) is 23.3. The second-order valence-corrected chi connectivity index (χ2v) is 7.91. The average molecular weight is 471 g/mol. The Bertz CT molecular complexity index is 1110. The molecule has 0 unspecified atom stereocenters. The molecule has 10 heteroatoms. The molecule has 4 rings (SSSR count). The lowest BCUT2D eigenvalue weighted by atomic mass is 10.0. The molecule has 1 aliphatic heterocycles. The van der Waals surface area contributed by atoms with Gasteiger partial charge in [0, 0.05) is 36.6 Å². The van der Waals surface area contributed by atoms with Gasteiger partial charge in [0.1, 0.15) is 11.6 Å². The predicted octanol–water partition coefficient (Wildman–Crippen LogP) is 4.65. The lowest BCUT2D eigenvalue weighted by Gasteiger charge is -2.32. The van der Waals surface area contributed by atoms with Gasteiger partial charge in [-0.25, -0.2) is 4.98 Å². The van der Waals surface area contributed by atoms with Crippen LogP contribution in [0.2, 0.25) is 0 Å². The number of nitrogens with one attached hydrogen (secondary N) is 2. The monoisotopic (exact) mass is 471 g/mol. The van der Waals surface area contributed by atoms with Crippen LogP contribution in [0.25, 0.3) is 0 Å². The van der Waals surface area contributed by atoms with E-state index in [9.17, 15) is 18.0 Å². The van der Waals surface area contributed by atoms with E-state index in [1.54, 1.807) is 19.4 Å². The molecular formula is C24H24F3N5O2. The maximum Gasteiger partial charge on any atom is 0.416 e. The SMILES string of the molecule is COc1ccc(Nc2ccnc(N3CCC(NC(=O)c4ccc(C(F)(F)F)cc4)CC3)n2)cc1. The fourth-order valence-corrected chi connectivity index (χ4v) is 3.70. The Labute approximate surface area is 195 Å². The highest BCUT2D eigenvalue weighted by Crippen LogP contribution is 2.29. The maximum atomic E-state index is 12.7. The van der Waals surface area contributed by atoms with E-state index in [-0.39, 0.29) is 17.5 Å². The molecule has 2 aromatic carbocycles. The van der Waals surface area contributed by atoms with Crippen molar-refractivity contribution in [2.75, 3.05) is 30.4 Å². The van der Waals surface area contributed by atoms with Gasteiger partial charge in [-0.15, -0.1) is 0 Å². The zero-order valence-electron chi connectivity index (χ0n) is 18.5. The van der Waals surface area contributed by atoms with Crippen molar-refractivity contribution in [2.45, 2.75) is 25.1 Å². The van der Waals surface area contributed by atoms with Crippen molar-refractivity contribution in [1.82, 2.24) is 15.3 Å². The van der Waals surface area contributed by atoms with E-state index >= 15 is 0 Å². The van der Waals surface area contributed by atoms with E-state index in [1.165, 1.54) is 12.1 Å². The van der Waals surface area contributed by atoms with Crippen molar-refractivity contribution in [3.05, 3.63) is 71.9 Å². The lowest BCUT2D eigenvalue weighted by molar-refractivity contribution is -0.137. The van der Waals surface area contributed by atoms with Gasteiger partial charge < -0.3 is 20.3 Å². The van der Waals surface area contributed by atoms with Gasteiger partial charge in [0.05, 0.1) is 12.7 Å². The molecule has 34 heavy (non-hydrogen) atoms. The van der Waals surface area contributed by atoms with Crippen LogP contribution in [0.5, 0.6) is 5.75 Å². The summed E-state index contributed by atoms with van der Waals surface area (Å²) in [4.78, 5) is 23.4. The molecule has 7 nitrogen and oxygen atoms in total. The number of alkyl halides is 3. The molecule has 2 heterocycles. The van der Waals surface area contributed by atoms with Crippen molar-refractivity contribution < 1.29 is 22.7 Å². The maximum absolute atomic E-state index is 12.7. The highest BCUT2D eigenvalue weighted by Gasteiger charge is 2.30. The molecule has 1 aromatic heterocycles. The summed E-state index contributed by atoms with van der Waals surface area (Å²) < 4.78 is 43.3. The molecule has 0 spiro atoms. The fraction of sp³-hybridized carbons (Fsp3) is 0.292. The molecule has 1 saturated heterocycles. The first-order valence-corrected chi connectivity index (χ1v) is 10.8. The first-order chi connectivity index (χ1) is 16.3. The minimum atomic E-state index is -4.43. The molecule has 3 aromatic rings. The molecule has 1 amide bonds. The molecule has 0 bridgehead atoms. The van der Waals surface area contributed by atoms with E-state index in [2.05, 4.69) is 20.6 Å². The Morgan fingerprint density at radius 1 is 1.03 bits per heavy atom.